The molecule has 0 N–H and O–H groups in total. The summed E-state index contributed by atoms with van der Waals surface area (Å²) in [4.78, 5) is 0. The van der Waals surface area contributed by atoms with E-state index in [1.165, 1.54) is 77.4 Å². The van der Waals surface area contributed by atoms with E-state index >= 15 is 0 Å². The van der Waals surface area contributed by atoms with E-state index in [2.05, 4.69) is 217 Å². The van der Waals surface area contributed by atoms with Crippen molar-refractivity contribution in [3.05, 3.63) is 235 Å². The average molecular weight is 726 g/mol. The van der Waals surface area contributed by atoms with Crippen LogP contribution in [-0.2, 0) is 5.41 Å². The number of fused-ring (bicyclic) bond motifs is 13. The summed E-state index contributed by atoms with van der Waals surface area (Å²) in [6.07, 6.45) is 0. The van der Waals surface area contributed by atoms with Crippen molar-refractivity contribution in [2.75, 3.05) is 0 Å². The predicted octanol–water partition coefficient (Wildman–Crippen LogP) is 14.3. The van der Waals surface area contributed by atoms with Gasteiger partial charge < -0.3 is 9.30 Å². The number of hydrogen-bond donors (Lipinski definition) is 0. The van der Waals surface area contributed by atoms with Gasteiger partial charge in [-0.3, -0.25) is 0 Å². The molecule has 2 heterocycles. The van der Waals surface area contributed by atoms with E-state index in [1.54, 1.807) is 0 Å². The molecule has 9 aromatic carbocycles. The molecule has 1 aromatic heterocycles. The molecular weight excluding hydrogens is 691 g/mol. The molecular formula is C55H35NO. The molecule has 0 atom stereocenters. The molecule has 0 bridgehead atoms. The highest BCUT2D eigenvalue weighted by Gasteiger charge is 2.52. The van der Waals surface area contributed by atoms with Gasteiger partial charge in [0, 0.05) is 27.6 Å². The Labute approximate surface area is 331 Å². The normalized spacial score (nSPS) is 13.2. The first-order chi connectivity index (χ1) is 28.3. The number of hydrogen-bond acceptors (Lipinski definition) is 1. The van der Waals surface area contributed by atoms with Crippen molar-refractivity contribution in [3.63, 3.8) is 0 Å². The van der Waals surface area contributed by atoms with E-state index in [-0.39, 0.29) is 0 Å². The summed E-state index contributed by atoms with van der Waals surface area (Å²) in [5, 5.41) is 2.50. The lowest BCUT2D eigenvalue weighted by Crippen LogP contribution is -2.32. The number of nitrogens with zero attached hydrogens (tertiary/aromatic N) is 1. The van der Waals surface area contributed by atoms with Crippen LogP contribution in [0.3, 0.4) is 0 Å². The Kier molecular flexibility index (Phi) is 6.88. The van der Waals surface area contributed by atoms with Crippen LogP contribution in [0, 0.1) is 0 Å². The zero-order valence-electron chi connectivity index (χ0n) is 31.1. The Bertz CT molecular complexity index is 3090. The molecule has 0 fully saturated rings. The maximum absolute atomic E-state index is 6.96. The summed E-state index contributed by atoms with van der Waals surface area (Å²) in [6, 6.07) is 77.4. The van der Waals surface area contributed by atoms with E-state index < -0.39 is 5.41 Å². The van der Waals surface area contributed by atoms with Crippen LogP contribution in [0.25, 0.3) is 72.0 Å². The van der Waals surface area contributed by atoms with E-state index in [9.17, 15) is 0 Å². The van der Waals surface area contributed by atoms with E-state index in [0.717, 1.165) is 28.3 Å². The van der Waals surface area contributed by atoms with Crippen LogP contribution in [-0.4, -0.2) is 4.57 Å². The van der Waals surface area contributed by atoms with Gasteiger partial charge in [0.15, 0.2) is 0 Å². The Balaban J connectivity index is 1.24. The van der Waals surface area contributed by atoms with Crippen LogP contribution in [0.4, 0.5) is 0 Å². The minimum atomic E-state index is -0.656. The first kappa shape index (κ1) is 31.9. The molecule has 266 valence electrons. The fourth-order valence-corrected chi connectivity index (χ4v) is 9.83. The molecule has 1 aliphatic carbocycles. The molecule has 2 aliphatic rings. The Morgan fingerprint density at radius 2 is 0.842 bits per heavy atom. The van der Waals surface area contributed by atoms with Crippen molar-refractivity contribution < 1.29 is 4.74 Å². The standard InChI is InChI=1S/C55H35NO/c1-5-15-36(16-6-1)39-25-29-49-44(33-39)54-50(56(49)42-21-11-4-12-22-42)30-28-46-53(54)43-23-13-14-24-45(43)55(46)47-34-40(37-17-7-2-8-18-37)26-31-51(47)57-52-32-27-41(35-48(52)55)38-19-9-3-10-20-38/h1-35H. The lowest BCUT2D eigenvalue weighted by atomic mass is 9.65. The third-order valence-corrected chi connectivity index (χ3v) is 12.3. The Morgan fingerprint density at radius 3 is 1.44 bits per heavy atom. The second-order valence-corrected chi connectivity index (χ2v) is 15.2. The molecule has 1 aliphatic heterocycles. The Morgan fingerprint density at radius 1 is 0.351 bits per heavy atom. The fourth-order valence-electron chi connectivity index (χ4n) is 9.83. The average Bonchev–Trinajstić information content (AvgIpc) is 3.78. The third kappa shape index (κ3) is 4.59. The molecule has 0 unspecified atom stereocenters. The van der Waals surface area contributed by atoms with E-state index in [4.69, 9.17) is 4.74 Å². The molecule has 2 nitrogen and oxygen atoms in total. The van der Waals surface area contributed by atoms with Gasteiger partial charge in [-0.05, 0) is 110 Å². The first-order valence-electron chi connectivity index (χ1n) is 19.7. The zero-order chi connectivity index (χ0) is 37.5. The van der Waals surface area contributed by atoms with Gasteiger partial charge in [0.25, 0.3) is 0 Å². The highest BCUT2D eigenvalue weighted by Crippen LogP contribution is 2.64. The molecule has 0 radical (unpaired) electrons. The molecule has 12 rings (SSSR count). The third-order valence-electron chi connectivity index (χ3n) is 12.3. The summed E-state index contributed by atoms with van der Waals surface area (Å²) in [6.45, 7) is 0. The van der Waals surface area contributed by atoms with Gasteiger partial charge in [-0.1, -0.05) is 158 Å². The van der Waals surface area contributed by atoms with Crippen molar-refractivity contribution >= 4 is 21.8 Å². The summed E-state index contributed by atoms with van der Waals surface area (Å²) < 4.78 is 9.40. The summed E-state index contributed by atoms with van der Waals surface area (Å²) in [5.74, 6) is 1.77. The van der Waals surface area contributed by atoms with Crippen molar-refractivity contribution in [1.82, 2.24) is 4.57 Å². The summed E-state index contributed by atoms with van der Waals surface area (Å²) >= 11 is 0. The number of benzene rings is 9. The minimum Gasteiger partial charge on any atom is -0.457 e. The highest BCUT2D eigenvalue weighted by molar-refractivity contribution is 6.19. The van der Waals surface area contributed by atoms with Gasteiger partial charge >= 0.3 is 0 Å². The maximum atomic E-state index is 6.96. The second-order valence-electron chi connectivity index (χ2n) is 15.2. The second kappa shape index (κ2) is 12.3. The highest BCUT2D eigenvalue weighted by atomic mass is 16.5. The van der Waals surface area contributed by atoms with Gasteiger partial charge in [-0.2, -0.15) is 0 Å². The van der Waals surface area contributed by atoms with Crippen LogP contribution >= 0.6 is 0 Å². The topological polar surface area (TPSA) is 14.2 Å². The fraction of sp³-hybridized carbons (Fsp3) is 0.0182. The van der Waals surface area contributed by atoms with Gasteiger partial charge in [-0.25, -0.2) is 0 Å². The number of para-hydroxylation sites is 1. The SMILES string of the molecule is c1ccc(-c2ccc3c(c2)C2(c4cc(-c5ccccc5)ccc4O3)c3ccccc3-c3c2ccc2c3c3cc(-c4ccccc4)ccc3n2-c2ccccc2)cc1. The monoisotopic (exact) mass is 725 g/mol. The lowest BCUT2D eigenvalue weighted by Gasteiger charge is -2.40. The van der Waals surface area contributed by atoms with Gasteiger partial charge in [0.1, 0.15) is 11.5 Å². The molecule has 0 saturated heterocycles. The van der Waals surface area contributed by atoms with Gasteiger partial charge in [0.05, 0.1) is 16.4 Å². The molecule has 1 spiro atoms. The van der Waals surface area contributed by atoms with Crippen LogP contribution in [0.5, 0.6) is 11.5 Å². The number of ether oxygens (including phenoxy) is 1. The number of aromatic nitrogens is 1. The lowest BCUT2D eigenvalue weighted by molar-refractivity contribution is 0.436. The zero-order valence-corrected chi connectivity index (χ0v) is 31.1. The van der Waals surface area contributed by atoms with Crippen molar-refractivity contribution in [2.24, 2.45) is 0 Å². The first-order valence-corrected chi connectivity index (χ1v) is 19.7. The summed E-state index contributed by atoms with van der Waals surface area (Å²) in [5.41, 5.74) is 17.4. The molecule has 10 aromatic rings. The number of rotatable bonds is 4. The molecule has 0 saturated carbocycles. The van der Waals surface area contributed by atoms with Crippen LogP contribution in [0.1, 0.15) is 22.3 Å². The molecule has 0 amide bonds. The van der Waals surface area contributed by atoms with E-state index in [0.29, 0.717) is 0 Å². The van der Waals surface area contributed by atoms with Crippen LogP contribution in [0.15, 0.2) is 212 Å². The van der Waals surface area contributed by atoms with Crippen molar-refractivity contribution in [1.29, 1.82) is 0 Å². The quantitative estimate of drug-likeness (QED) is 0.176. The minimum absolute atomic E-state index is 0.656. The van der Waals surface area contributed by atoms with Crippen molar-refractivity contribution in [2.45, 2.75) is 5.41 Å². The smallest absolute Gasteiger partial charge is 0.132 e. The largest absolute Gasteiger partial charge is 0.457 e. The molecule has 2 heteroatoms. The van der Waals surface area contributed by atoms with Crippen LogP contribution in [0.2, 0.25) is 0 Å². The van der Waals surface area contributed by atoms with Crippen molar-refractivity contribution in [3.8, 4) is 61.7 Å². The summed E-state index contributed by atoms with van der Waals surface area (Å²) in [7, 11) is 0. The molecule has 57 heavy (non-hydrogen) atoms. The van der Waals surface area contributed by atoms with E-state index in [1.807, 2.05) is 0 Å². The predicted molar refractivity (Wildman–Crippen MR) is 234 cm³/mol. The Hall–Kier alpha value is -7.42. The van der Waals surface area contributed by atoms with Gasteiger partial charge in [0.2, 0.25) is 0 Å². The van der Waals surface area contributed by atoms with Crippen LogP contribution < -0.4 is 4.74 Å². The van der Waals surface area contributed by atoms with Gasteiger partial charge in [-0.15, -0.1) is 0 Å². The maximum Gasteiger partial charge on any atom is 0.132 e.